The molecule has 2 aromatic rings. The summed E-state index contributed by atoms with van der Waals surface area (Å²) in [5.74, 6) is 0. The molecule has 0 aliphatic heterocycles. The maximum atomic E-state index is 11.7. The molecule has 4 nitrogen and oxygen atoms in total. The van der Waals surface area contributed by atoms with Crippen LogP contribution in [-0.4, -0.2) is 14.3 Å². The Balaban J connectivity index is 0.00000180. The standard InChI is InChI=1S/C13H17N3OS.CH4/c1-5-16-11(17)7-10(14-16)12-8(2)6-9(3)13(18)15(12)4;/h6-7,14H,5H2,1-4H3;1H4. The first kappa shape index (κ1) is 15.4. The fraction of sp³-hybridized carbons (Fsp3) is 0.429. The van der Waals surface area contributed by atoms with Crippen molar-refractivity contribution in [3.8, 4) is 11.4 Å². The number of nitrogens with zero attached hydrogens (tertiary/aromatic N) is 2. The lowest BCUT2D eigenvalue weighted by Crippen LogP contribution is -2.13. The van der Waals surface area contributed by atoms with Crippen molar-refractivity contribution in [1.29, 1.82) is 0 Å². The number of rotatable bonds is 2. The van der Waals surface area contributed by atoms with Crippen molar-refractivity contribution >= 4 is 12.2 Å². The number of pyridine rings is 1. The highest BCUT2D eigenvalue weighted by Crippen LogP contribution is 2.22. The molecule has 104 valence electrons. The monoisotopic (exact) mass is 279 g/mol. The third kappa shape index (κ3) is 2.56. The first-order valence-electron chi connectivity index (χ1n) is 5.93. The van der Waals surface area contributed by atoms with Crippen LogP contribution in [0.15, 0.2) is 16.9 Å². The lowest BCUT2D eigenvalue weighted by atomic mass is 10.1. The summed E-state index contributed by atoms with van der Waals surface area (Å²) < 4.78 is 4.32. The van der Waals surface area contributed by atoms with Gasteiger partial charge in [0, 0.05) is 19.7 Å². The SMILES string of the molecule is C.CCn1[nH]c(-c2c(C)cc(C)c(=S)n2C)cc1=O. The molecule has 0 unspecified atom stereocenters. The molecule has 0 spiro atoms. The molecule has 0 radical (unpaired) electrons. The Morgan fingerprint density at radius 2 is 1.89 bits per heavy atom. The van der Waals surface area contributed by atoms with Crippen molar-refractivity contribution in [3.63, 3.8) is 0 Å². The lowest BCUT2D eigenvalue weighted by molar-refractivity contribution is 0.638. The normalized spacial score (nSPS) is 10.3. The molecule has 0 bridgehead atoms. The van der Waals surface area contributed by atoms with E-state index in [4.69, 9.17) is 12.2 Å². The predicted molar refractivity (Wildman–Crippen MR) is 82.2 cm³/mol. The van der Waals surface area contributed by atoms with Crippen molar-refractivity contribution in [3.05, 3.63) is 38.3 Å². The number of aromatic nitrogens is 3. The van der Waals surface area contributed by atoms with Crippen LogP contribution in [0.1, 0.15) is 25.5 Å². The van der Waals surface area contributed by atoms with E-state index in [1.54, 1.807) is 10.7 Å². The first-order chi connectivity index (χ1) is 8.45. The molecule has 0 aliphatic rings. The van der Waals surface area contributed by atoms with Gasteiger partial charge in [0.25, 0.3) is 5.56 Å². The number of nitrogens with one attached hydrogen (secondary N) is 1. The second-order valence-corrected chi connectivity index (χ2v) is 4.86. The maximum Gasteiger partial charge on any atom is 0.267 e. The third-order valence-corrected chi connectivity index (χ3v) is 3.74. The Labute approximate surface area is 118 Å². The van der Waals surface area contributed by atoms with Crippen LogP contribution >= 0.6 is 12.2 Å². The van der Waals surface area contributed by atoms with E-state index in [1.807, 2.05) is 32.4 Å². The molecule has 0 saturated heterocycles. The minimum absolute atomic E-state index is 0. The molecule has 0 saturated carbocycles. The molecular weight excluding hydrogens is 258 g/mol. The van der Waals surface area contributed by atoms with Gasteiger partial charge in [-0.05, 0) is 31.9 Å². The molecule has 1 N–H and O–H groups in total. The zero-order chi connectivity index (χ0) is 13.4. The summed E-state index contributed by atoms with van der Waals surface area (Å²) in [6.07, 6.45) is 0. The molecule has 0 fully saturated rings. The van der Waals surface area contributed by atoms with Gasteiger partial charge in [-0.15, -0.1) is 0 Å². The van der Waals surface area contributed by atoms with Gasteiger partial charge in [-0.3, -0.25) is 14.6 Å². The number of H-pyrrole nitrogens is 1. The van der Waals surface area contributed by atoms with E-state index < -0.39 is 0 Å². The van der Waals surface area contributed by atoms with E-state index in [0.717, 1.165) is 27.2 Å². The first-order valence-corrected chi connectivity index (χ1v) is 6.34. The van der Waals surface area contributed by atoms with Gasteiger partial charge in [0.2, 0.25) is 0 Å². The Kier molecular flexibility index (Phi) is 4.52. The molecule has 19 heavy (non-hydrogen) atoms. The van der Waals surface area contributed by atoms with Crippen LogP contribution in [0.5, 0.6) is 0 Å². The van der Waals surface area contributed by atoms with Crippen LogP contribution in [0.25, 0.3) is 11.4 Å². The van der Waals surface area contributed by atoms with Gasteiger partial charge in [0.05, 0.1) is 11.4 Å². The van der Waals surface area contributed by atoms with Gasteiger partial charge in [0.15, 0.2) is 0 Å². The summed E-state index contributed by atoms with van der Waals surface area (Å²) in [7, 11) is 1.93. The van der Waals surface area contributed by atoms with E-state index >= 15 is 0 Å². The van der Waals surface area contributed by atoms with Crippen LogP contribution in [-0.2, 0) is 13.6 Å². The van der Waals surface area contributed by atoms with Crippen LogP contribution in [0.4, 0.5) is 0 Å². The highest BCUT2D eigenvalue weighted by Gasteiger charge is 2.11. The third-order valence-electron chi connectivity index (χ3n) is 3.14. The van der Waals surface area contributed by atoms with Crippen LogP contribution in [0, 0.1) is 18.5 Å². The minimum atomic E-state index is -0.0154. The van der Waals surface area contributed by atoms with E-state index in [0.29, 0.717) is 6.54 Å². The summed E-state index contributed by atoms with van der Waals surface area (Å²) in [5, 5.41) is 3.11. The summed E-state index contributed by atoms with van der Waals surface area (Å²) in [6.45, 7) is 6.59. The Morgan fingerprint density at radius 3 is 2.42 bits per heavy atom. The van der Waals surface area contributed by atoms with Crippen molar-refractivity contribution in [1.82, 2.24) is 14.3 Å². The molecule has 0 atom stereocenters. The molecule has 2 aromatic heterocycles. The Bertz CT molecular complexity index is 706. The maximum absolute atomic E-state index is 11.7. The molecule has 2 rings (SSSR count). The zero-order valence-corrected chi connectivity index (χ0v) is 11.9. The highest BCUT2D eigenvalue weighted by atomic mass is 32.1. The van der Waals surface area contributed by atoms with Gasteiger partial charge in [-0.1, -0.05) is 25.7 Å². The number of hydrogen-bond acceptors (Lipinski definition) is 2. The summed E-state index contributed by atoms with van der Waals surface area (Å²) in [5.41, 5.74) is 3.94. The average Bonchev–Trinajstić information content (AvgIpc) is 2.67. The number of aromatic amines is 1. The van der Waals surface area contributed by atoms with Gasteiger partial charge < -0.3 is 4.57 Å². The molecule has 0 aliphatic carbocycles. The molecule has 2 heterocycles. The average molecular weight is 279 g/mol. The van der Waals surface area contributed by atoms with Crippen molar-refractivity contribution in [2.45, 2.75) is 34.7 Å². The van der Waals surface area contributed by atoms with Crippen molar-refractivity contribution < 1.29 is 0 Å². The van der Waals surface area contributed by atoms with Gasteiger partial charge in [-0.25, -0.2) is 0 Å². The smallest absolute Gasteiger partial charge is 0.267 e. The molecular formula is C14H21N3OS. The number of aryl methyl sites for hydroxylation is 3. The van der Waals surface area contributed by atoms with E-state index in [1.165, 1.54) is 0 Å². The van der Waals surface area contributed by atoms with E-state index in [-0.39, 0.29) is 13.0 Å². The quantitative estimate of drug-likeness (QED) is 0.858. The Morgan fingerprint density at radius 1 is 1.26 bits per heavy atom. The second-order valence-electron chi connectivity index (χ2n) is 4.48. The summed E-state index contributed by atoms with van der Waals surface area (Å²) in [4.78, 5) is 11.7. The topological polar surface area (TPSA) is 42.7 Å². The molecule has 5 heteroatoms. The van der Waals surface area contributed by atoms with Crippen molar-refractivity contribution in [2.24, 2.45) is 7.05 Å². The second kappa shape index (κ2) is 5.57. The van der Waals surface area contributed by atoms with Crippen LogP contribution in [0.3, 0.4) is 0 Å². The predicted octanol–water partition coefficient (Wildman–Crippen LogP) is 3.18. The zero-order valence-electron chi connectivity index (χ0n) is 11.1. The largest absolute Gasteiger partial charge is 0.334 e. The van der Waals surface area contributed by atoms with Gasteiger partial charge in [-0.2, -0.15) is 0 Å². The van der Waals surface area contributed by atoms with Crippen LogP contribution < -0.4 is 5.56 Å². The summed E-state index contributed by atoms with van der Waals surface area (Å²) in [6, 6.07) is 3.68. The minimum Gasteiger partial charge on any atom is -0.334 e. The lowest BCUT2D eigenvalue weighted by Gasteiger charge is -2.12. The number of hydrogen-bond donors (Lipinski definition) is 1. The van der Waals surface area contributed by atoms with E-state index in [9.17, 15) is 4.79 Å². The van der Waals surface area contributed by atoms with Gasteiger partial charge in [0.1, 0.15) is 4.64 Å². The Hall–Kier alpha value is -1.62. The fourth-order valence-corrected chi connectivity index (χ4v) is 2.42. The van der Waals surface area contributed by atoms with Crippen LogP contribution in [0.2, 0.25) is 0 Å². The fourth-order valence-electron chi connectivity index (χ4n) is 2.27. The highest BCUT2D eigenvalue weighted by molar-refractivity contribution is 7.71. The van der Waals surface area contributed by atoms with E-state index in [2.05, 4.69) is 11.2 Å². The molecule has 0 aromatic carbocycles. The van der Waals surface area contributed by atoms with Gasteiger partial charge >= 0.3 is 0 Å². The van der Waals surface area contributed by atoms with Crippen molar-refractivity contribution in [2.75, 3.05) is 0 Å². The summed E-state index contributed by atoms with van der Waals surface area (Å²) >= 11 is 5.37. The molecule has 0 amide bonds.